The topological polar surface area (TPSA) is 49.4 Å². The number of rotatable bonds is 5. The predicted octanol–water partition coefficient (Wildman–Crippen LogP) is 1.71. The van der Waals surface area contributed by atoms with Gasteiger partial charge < -0.3 is 0 Å². The molecule has 1 heterocycles. The first-order valence-electron chi connectivity index (χ1n) is 6.82. The van der Waals surface area contributed by atoms with Crippen molar-refractivity contribution in [2.24, 2.45) is 0 Å². The smallest absolute Gasteiger partial charge is 0.208 e. The lowest BCUT2D eigenvalue weighted by Gasteiger charge is -2.40. The predicted molar refractivity (Wildman–Crippen MR) is 85.5 cm³/mol. The summed E-state index contributed by atoms with van der Waals surface area (Å²) in [5.74, 6) is 1.10. The Labute approximate surface area is 126 Å². The van der Waals surface area contributed by atoms with E-state index in [0.717, 1.165) is 18.8 Å². The summed E-state index contributed by atoms with van der Waals surface area (Å²) in [5, 5.41) is 0.518. The maximum atomic E-state index is 11.2. The van der Waals surface area contributed by atoms with Gasteiger partial charge in [-0.3, -0.25) is 4.90 Å². The number of hydrogen-bond donors (Lipinski definition) is 1. The van der Waals surface area contributed by atoms with Crippen LogP contribution in [0, 0.1) is 0 Å². The number of nitrogens with zero attached hydrogens (tertiary/aromatic N) is 1. The van der Waals surface area contributed by atoms with Crippen LogP contribution in [0.5, 0.6) is 0 Å². The Morgan fingerprint density at radius 2 is 2.05 bits per heavy atom. The minimum Gasteiger partial charge on any atom is -0.293 e. The van der Waals surface area contributed by atoms with Gasteiger partial charge in [0.15, 0.2) is 0 Å². The lowest BCUT2D eigenvalue weighted by atomic mass is 10.0. The second-order valence-electron chi connectivity index (χ2n) is 5.13. The molecule has 112 valence electrons. The van der Waals surface area contributed by atoms with E-state index in [-0.39, 0.29) is 0 Å². The lowest BCUT2D eigenvalue weighted by molar-refractivity contribution is 0.204. The van der Waals surface area contributed by atoms with E-state index in [1.807, 2.05) is 17.8 Å². The van der Waals surface area contributed by atoms with Gasteiger partial charge >= 0.3 is 0 Å². The Morgan fingerprint density at radius 1 is 1.35 bits per heavy atom. The van der Waals surface area contributed by atoms with Crippen LogP contribution < -0.4 is 4.72 Å². The Bertz CT molecular complexity index is 519. The van der Waals surface area contributed by atoms with Crippen molar-refractivity contribution in [2.45, 2.75) is 18.2 Å². The minimum absolute atomic E-state index is 0.358. The molecule has 0 spiro atoms. The van der Waals surface area contributed by atoms with E-state index in [2.05, 4.69) is 40.8 Å². The molecule has 2 atom stereocenters. The number of hydrogen-bond acceptors (Lipinski definition) is 4. The Kier molecular flexibility index (Phi) is 5.49. The van der Waals surface area contributed by atoms with Crippen LogP contribution in [0.15, 0.2) is 30.3 Å². The molecule has 0 aromatic heterocycles. The molecule has 0 aliphatic carbocycles. The molecule has 0 radical (unpaired) electrons. The molecule has 4 nitrogen and oxygen atoms in total. The highest BCUT2D eigenvalue weighted by Crippen LogP contribution is 2.35. The van der Waals surface area contributed by atoms with Crippen LogP contribution in [0.25, 0.3) is 0 Å². The van der Waals surface area contributed by atoms with Gasteiger partial charge in [0, 0.05) is 36.7 Å². The molecular weight excluding hydrogens is 292 g/mol. The zero-order chi connectivity index (χ0) is 14.6. The molecule has 20 heavy (non-hydrogen) atoms. The third-order valence-corrected chi connectivity index (χ3v) is 5.43. The fourth-order valence-corrected chi connectivity index (χ4v) is 4.33. The van der Waals surface area contributed by atoms with Crippen molar-refractivity contribution >= 4 is 21.8 Å². The quantitative estimate of drug-likeness (QED) is 0.899. The number of nitrogens with one attached hydrogen (secondary N) is 1. The van der Waals surface area contributed by atoms with Gasteiger partial charge in [0.1, 0.15) is 0 Å². The zero-order valence-corrected chi connectivity index (χ0v) is 13.6. The molecule has 1 aromatic carbocycles. The van der Waals surface area contributed by atoms with Gasteiger partial charge in [0.25, 0.3) is 0 Å². The van der Waals surface area contributed by atoms with E-state index in [9.17, 15) is 8.42 Å². The first-order valence-corrected chi connectivity index (χ1v) is 9.76. The summed E-state index contributed by atoms with van der Waals surface area (Å²) in [6, 6.07) is 10.8. The van der Waals surface area contributed by atoms with Crippen molar-refractivity contribution in [1.29, 1.82) is 0 Å². The van der Waals surface area contributed by atoms with Crippen LogP contribution in [-0.2, 0) is 10.0 Å². The van der Waals surface area contributed by atoms with Gasteiger partial charge in [0.2, 0.25) is 10.0 Å². The van der Waals surface area contributed by atoms with Crippen molar-refractivity contribution in [2.75, 3.05) is 31.6 Å². The summed E-state index contributed by atoms with van der Waals surface area (Å²) in [6.45, 7) is 4.47. The van der Waals surface area contributed by atoms with Gasteiger partial charge in [-0.15, -0.1) is 0 Å². The summed E-state index contributed by atoms with van der Waals surface area (Å²) >= 11 is 1.98. The van der Waals surface area contributed by atoms with Gasteiger partial charge in [0.05, 0.1) is 6.26 Å². The van der Waals surface area contributed by atoms with E-state index in [0.29, 0.717) is 17.8 Å². The monoisotopic (exact) mass is 314 g/mol. The Hall–Kier alpha value is -0.560. The molecule has 1 aliphatic heterocycles. The maximum absolute atomic E-state index is 11.2. The third-order valence-electron chi connectivity index (χ3n) is 3.50. The molecule has 6 heteroatoms. The van der Waals surface area contributed by atoms with Crippen LogP contribution >= 0.6 is 11.8 Å². The van der Waals surface area contributed by atoms with Crippen LogP contribution in [-0.4, -0.2) is 50.2 Å². The first kappa shape index (κ1) is 15.8. The molecule has 0 saturated carbocycles. The standard InChI is InChI=1S/C14H22N2O2S2/c1-12-14(13-6-4-3-5-7-13)16(10-11-19-12)9-8-15-20(2,17)18/h3-7,12,14-15H,8-11H2,1-2H3/t12-,14+/m1/s1. The molecule has 1 N–H and O–H groups in total. The maximum Gasteiger partial charge on any atom is 0.208 e. The summed E-state index contributed by atoms with van der Waals surface area (Å²) in [5.41, 5.74) is 1.31. The minimum atomic E-state index is -3.10. The van der Waals surface area contributed by atoms with Crippen molar-refractivity contribution in [3.63, 3.8) is 0 Å². The van der Waals surface area contributed by atoms with E-state index < -0.39 is 10.0 Å². The van der Waals surface area contributed by atoms with Crippen LogP contribution in [0.1, 0.15) is 18.5 Å². The Morgan fingerprint density at radius 3 is 2.70 bits per heavy atom. The molecule has 0 unspecified atom stereocenters. The normalized spacial score (nSPS) is 24.7. The number of thioether (sulfide) groups is 1. The highest BCUT2D eigenvalue weighted by molar-refractivity contribution is 8.00. The average Bonchev–Trinajstić information content (AvgIpc) is 2.38. The molecule has 1 fully saturated rings. The van der Waals surface area contributed by atoms with E-state index in [4.69, 9.17) is 0 Å². The SMILES string of the molecule is C[C@H]1SCCN(CCNS(C)(=O)=O)[C@@H]1c1ccccc1. The highest BCUT2D eigenvalue weighted by Gasteiger charge is 2.29. The fraction of sp³-hybridized carbons (Fsp3) is 0.571. The number of sulfonamides is 1. The van der Waals surface area contributed by atoms with E-state index >= 15 is 0 Å². The molecular formula is C14H22N2O2S2. The van der Waals surface area contributed by atoms with E-state index in [1.165, 1.54) is 11.8 Å². The van der Waals surface area contributed by atoms with Crippen molar-refractivity contribution in [3.05, 3.63) is 35.9 Å². The number of benzene rings is 1. The van der Waals surface area contributed by atoms with Gasteiger partial charge in [-0.25, -0.2) is 13.1 Å². The van der Waals surface area contributed by atoms with Crippen LogP contribution in [0.2, 0.25) is 0 Å². The highest BCUT2D eigenvalue weighted by atomic mass is 32.2. The summed E-state index contributed by atoms with van der Waals surface area (Å²) in [6.07, 6.45) is 1.20. The van der Waals surface area contributed by atoms with E-state index in [1.54, 1.807) is 0 Å². The van der Waals surface area contributed by atoms with Crippen LogP contribution in [0.3, 0.4) is 0 Å². The summed E-state index contributed by atoms with van der Waals surface area (Å²) < 4.78 is 24.9. The van der Waals surface area contributed by atoms with Crippen molar-refractivity contribution in [1.82, 2.24) is 9.62 Å². The fourth-order valence-electron chi connectivity index (χ4n) is 2.64. The summed E-state index contributed by atoms with van der Waals surface area (Å²) in [7, 11) is -3.10. The molecule has 0 amide bonds. The zero-order valence-electron chi connectivity index (χ0n) is 12.0. The molecule has 2 rings (SSSR count). The Balaban J connectivity index is 2.05. The first-order chi connectivity index (χ1) is 9.47. The van der Waals surface area contributed by atoms with Crippen molar-refractivity contribution in [3.8, 4) is 0 Å². The second-order valence-corrected chi connectivity index (χ2v) is 8.45. The molecule has 1 saturated heterocycles. The van der Waals surface area contributed by atoms with Crippen LogP contribution in [0.4, 0.5) is 0 Å². The second kappa shape index (κ2) is 6.93. The third kappa shape index (κ3) is 4.48. The lowest BCUT2D eigenvalue weighted by Crippen LogP contribution is -2.43. The van der Waals surface area contributed by atoms with Gasteiger partial charge in [-0.05, 0) is 5.56 Å². The molecule has 1 aromatic rings. The largest absolute Gasteiger partial charge is 0.293 e. The molecule has 0 bridgehead atoms. The van der Waals surface area contributed by atoms with Crippen molar-refractivity contribution < 1.29 is 8.42 Å². The van der Waals surface area contributed by atoms with Gasteiger partial charge in [-0.2, -0.15) is 11.8 Å². The van der Waals surface area contributed by atoms with Gasteiger partial charge in [-0.1, -0.05) is 37.3 Å². The molecule has 1 aliphatic rings. The average molecular weight is 314 g/mol. The summed E-state index contributed by atoms with van der Waals surface area (Å²) in [4.78, 5) is 2.38.